The minimum absolute atomic E-state index is 0.134. The zero-order valence-electron chi connectivity index (χ0n) is 12.8. The lowest BCUT2D eigenvalue weighted by Crippen LogP contribution is -2.19. The number of nitrogens with one attached hydrogen (secondary N) is 1. The molecule has 22 heavy (non-hydrogen) atoms. The molecule has 0 fully saturated rings. The summed E-state index contributed by atoms with van der Waals surface area (Å²) in [7, 11) is -3.68. The highest BCUT2D eigenvalue weighted by Gasteiger charge is 2.21. The van der Waals surface area contributed by atoms with Crippen molar-refractivity contribution in [1.29, 1.82) is 5.26 Å². The molecule has 2 aromatic rings. The molecule has 1 N–H and O–H groups in total. The van der Waals surface area contributed by atoms with Crippen molar-refractivity contribution in [3.63, 3.8) is 0 Å². The van der Waals surface area contributed by atoms with Gasteiger partial charge in [-0.15, -0.1) is 0 Å². The van der Waals surface area contributed by atoms with Crippen LogP contribution >= 0.6 is 0 Å². The molecule has 5 heteroatoms. The lowest BCUT2D eigenvalue weighted by Gasteiger charge is -2.23. The minimum atomic E-state index is -3.68. The Hall–Kier alpha value is -2.32. The topological polar surface area (TPSA) is 70.0 Å². The summed E-state index contributed by atoms with van der Waals surface area (Å²) in [6.07, 6.45) is 0. The molecule has 0 heterocycles. The summed E-state index contributed by atoms with van der Waals surface area (Å²) < 4.78 is 27.6. The van der Waals surface area contributed by atoms with Crippen LogP contribution in [0, 0.1) is 11.3 Å². The predicted octanol–water partition coefficient (Wildman–Crippen LogP) is 3.66. The Morgan fingerprint density at radius 2 is 1.59 bits per heavy atom. The minimum Gasteiger partial charge on any atom is -0.279 e. The summed E-state index contributed by atoms with van der Waals surface area (Å²) in [5.74, 6) is 0. The second-order valence-corrected chi connectivity index (χ2v) is 7.72. The third kappa shape index (κ3) is 3.46. The molecule has 0 saturated carbocycles. The van der Waals surface area contributed by atoms with Crippen LogP contribution in [0.3, 0.4) is 0 Å². The number of para-hydroxylation sites is 1. The highest BCUT2D eigenvalue weighted by atomic mass is 32.2. The van der Waals surface area contributed by atoms with Crippen molar-refractivity contribution in [1.82, 2.24) is 0 Å². The van der Waals surface area contributed by atoms with E-state index in [4.69, 9.17) is 5.26 Å². The Labute approximate surface area is 131 Å². The average molecular weight is 314 g/mol. The number of nitriles is 1. The molecule has 0 aliphatic heterocycles. The zero-order valence-corrected chi connectivity index (χ0v) is 13.6. The largest absolute Gasteiger partial charge is 0.279 e. The third-order valence-corrected chi connectivity index (χ3v) is 4.65. The van der Waals surface area contributed by atoms with E-state index >= 15 is 0 Å². The number of anilines is 1. The Kier molecular flexibility index (Phi) is 4.25. The van der Waals surface area contributed by atoms with Crippen LogP contribution in [0.5, 0.6) is 0 Å². The molecule has 114 valence electrons. The summed E-state index contributed by atoms with van der Waals surface area (Å²) in [4.78, 5) is 0.134. The summed E-state index contributed by atoms with van der Waals surface area (Å²) in [6.45, 7) is 6.09. The molecule has 2 aromatic carbocycles. The molecule has 0 atom stereocenters. The van der Waals surface area contributed by atoms with Crippen LogP contribution in [-0.4, -0.2) is 8.42 Å². The van der Waals surface area contributed by atoms with E-state index in [-0.39, 0.29) is 10.3 Å². The lowest BCUT2D eigenvalue weighted by atomic mass is 9.86. The fourth-order valence-corrected chi connectivity index (χ4v) is 3.22. The van der Waals surface area contributed by atoms with E-state index in [0.29, 0.717) is 11.3 Å². The van der Waals surface area contributed by atoms with Gasteiger partial charge in [0.25, 0.3) is 10.0 Å². The molecular formula is C17H18N2O2S. The summed E-state index contributed by atoms with van der Waals surface area (Å²) in [6, 6.07) is 15.2. The van der Waals surface area contributed by atoms with Gasteiger partial charge in [0.2, 0.25) is 0 Å². The van der Waals surface area contributed by atoms with Crippen molar-refractivity contribution in [2.45, 2.75) is 31.1 Å². The number of benzene rings is 2. The lowest BCUT2D eigenvalue weighted by molar-refractivity contribution is 0.590. The van der Waals surface area contributed by atoms with Gasteiger partial charge in [-0.25, -0.2) is 8.42 Å². The van der Waals surface area contributed by atoms with Crippen LogP contribution in [0.25, 0.3) is 0 Å². The Balaban J connectivity index is 2.39. The summed E-state index contributed by atoms with van der Waals surface area (Å²) >= 11 is 0. The molecule has 0 amide bonds. The zero-order chi connectivity index (χ0) is 16.4. The third-order valence-electron chi connectivity index (χ3n) is 3.27. The molecule has 0 aliphatic carbocycles. The van der Waals surface area contributed by atoms with Gasteiger partial charge in [-0.1, -0.05) is 39.0 Å². The second kappa shape index (κ2) is 5.82. The molecule has 0 bridgehead atoms. The maximum Gasteiger partial charge on any atom is 0.261 e. The highest BCUT2D eigenvalue weighted by Crippen LogP contribution is 2.30. The second-order valence-electron chi connectivity index (χ2n) is 6.04. The van der Waals surface area contributed by atoms with Gasteiger partial charge in [0.15, 0.2) is 0 Å². The Morgan fingerprint density at radius 3 is 2.14 bits per heavy atom. The number of hydrogen-bond donors (Lipinski definition) is 1. The van der Waals surface area contributed by atoms with Gasteiger partial charge in [0.05, 0.1) is 22.2 Å². The molecule has 2 rings (SSSR count). The van der Waals surface area contributed by atoms with Crippen LogP contribution in [0.4, 0.5) is 5.69 Å². The number of nitrogens with zero attached hydrogens (tertiary/aromatic N) is 1. The van der Waals surface area contributed by atoms with Gasteiger partial charge >= 0.3 is 0 Å². The van der Waals surface area contributed by atoms with Gasteiger partial charge in [-0.3, -0.25) is 4.72 Å². The standard InChI is InChI=1S/C17H18N2O2S/c1-17(2,3)15-6-4-5-7-16(15)19-22(20,21)14-10-8-13(12-18)9-11-14/h4-11,19H,1-3H3. The maximum atomic E-state index is 12.5. The SMILES string of the molecule is CC(C)(C)c1ccccc1NS(=O)(=O)c1ccc(C#N)cc1. The normalized spacial score (nSPS) is 11.7. The van der Waals surface area contributed by atoms with Crippen molar-refractivity contribution in [2.75, 3.05) is 4.72 Å². The van der Waals surface area contributed by atoms with Crippen LogP contribution in [0.1, 0.15) is 31.9 Å². The highest BCUT2D eigenvalue weighted by molar-refractivity contribution is 7.92. The first-order chi connectivity index (χ1) is 10.2. The van der Waals surface area contributed by atoms with Gasteiger partial charge in [-0.2, -0.15) is 5.26 Å². The van der Waals surface area contributed by atoms with E-state index in [1.54, 1.807) is 12.1 Å². The van der Waals surface area contributed by atoms with Crippen molar-refractivity contribution >= 4 is 15.7 Å². The van der Waals surface area contributed by atoms with Crippen LogP contribution in [0.15, 0.2) is 53.4 Å². The van der Waals surface area contributed by atoms with E-state index in [0.717, 1.165) is 5.56 Å². The molecule has 0 radical (unpaired) electrons. The van der Waals surface area contributed by atoms with Crippen LogP contribution < -0.4 is 4.72 Å². The van der Waals surface area contributed by atoms with E-state index in [9.17, 15) is 8.42 Å². The van der Waals surface area contributed by atoms with E-state index < -0.39 is 10.0 Å². The number of hydrogen-bond acceptors (Lipinski definition) is 3. The van der Waals surface area contributed by atoms with Gasteiger partial charge < -0.3 is 0 Å². The van der Waals surface area contributed by atoms with E-state index in [1.165, 1.54) is 24.3 Å². The van der Waals surface area contributed by atoms with Crippen molar-refractivity contribution in [3.05, 3.63) is 59.7 Å². The average Bonchev–Trinajstić information content (AvgIpc) is 2.46. The predicted molar refractivity (Wildman–Crippen MR) is 87.1 cm³/mol. The van der Waals surface area contributed by atoms with Gasteiger partial charge in [0.1, 0.15) is 0 Å². The van der Waals surface area contributed by atoms with E-state index in [1.807, 2.05) is 39.0 Å². The Bertz CT molecular complexity index is 811. The van der Waals surface area contributed by atoms with Crippen LogP contribution in [-0.2, 0) is 15.4 Å². The first-order valence-corrected chi connectivity index (χ1v) is 8.35. The van der Waals surface area contributed by atoms with Crippen molar-refractivity contribution in [2.24, 2.45) is 0 Å². The number of rotatable bonds is 3. The van der Waals surface area contributed by atoms with Crippen molar-refractivity contribution < 1.29 is 8.42 Å². The van der Waals surface area contributed by atoms with Gasteiger partial charge in [0, 0.05) is 0 Å². The monoisotopic (exact) mass is 314 g/mol. The molecule has 0 spiro atoms. The molecule has 0 saturated heterocycles. The quantitative estimate of drug-likeness (QED) is 0.940. The smallest absolute Gasteiger partial charge is 0.261 e. The molecule has 0 aromatic heterocycles. The van der Waals surface area contributed by atoms with Crippen molar-refractivity contribution in [3.8, 4) is 6.07 Å². The molecule has 4 nitrogen and oxygen atoms in total. The molecule has 0 aliphatic rings. The molecular weight excluding hydrogens is 296 g/mol. The van der Waals surface area contributed by atoms with Gasteiger partial charge in [-0.05, 0) is 41.3 Å². The Morgan fingerprint density at radius 1 is 1.00 bits per heavy atom. The fraction of sp³-hybridized carbons (Fsp3) is 0.235. The first-order valence-electron chi connectivity index (χ1n) is 6.86. The first kappa shape index (κ1) is 16.1. The fourth-order valence-electron chi connectivity index (χ4n) is 2.14. The maximum absolute atomic E-state index is 12.5. The summed E-state index contributed by atoms with van der Waals surface area (Å²) in [5, 5.41) is 8.78. The molecule has 0 unspecified atom stereocenters. The van der Waals surface area contributed by atoms with E-state index in [2.05, 4.69) is 4.72 Å². The van der Waals surface area contributed by atoms with Crippen LogP contribution in [0.2, 0.25) is 0 Å². The number of sulfonamides is 1. The summed E-state index contributed by atoms with van der Waals surface area (Å²) in [5.41, 5.74) is 1.74.